The molecule has 0 unspecified atom stereocenters. The summed E-state index contributed by atoms with van der Waals surface area (Å²) in [6.07, 6.45) is 8.21. The van der Waals surface area contributed by atoms with Gasteiger partial charge >= 0.3 is 0 Å². The first-order valence-electron chi connectivity index (χ1n) is 9.54. The maximum atomic E-state index is 12.5. The van der Waals surface area contributed by atoms with Crippen LogP contribution in [0.15, 0.2) is 47.1 Å². The smallest absolute Gasteiger partial charge is 0.258 e. The highest BCUT2D eigenvalue weighted by Gasteiger charge is 2.17. The van der Waals surface area contributed by atoms with E-state index >= 15 is 0 Å². The number of anilines is 1. The average molecular weight is 366 g/mol. The van der Waals surface area contributed by atoms with E-state index in [-0.39, 0.29) is 6.54 Å². The van der Waals surface area contributed by atoms with Gasteiger partial charge in [0.2, 0.25) is 5.82 Å². The second-order valence-electron chi connectivity index (χ2n) is 6.90. The van der Waals surface area contributed by atoms with Gasteiger partial charge in [-0.05, 0) is 48.6 Å². The lowest BCUT2D eigenvalue weighted by atomic mass is 9.84. The fourth-order valence-corrected chi connectivity index (χ4v) is 3.68. The van der Waals surface area contributed by atoms with Gasteiger partial charge in [-0.2, -0.15) is 4.98 Å². The zero-order valence-corrected chi connectivity index (χ0v) is 15.2. The first-order chi connectivity index (χ1) is 13.3. The van der Waals surface area contributed by atoms with Gasteiger partial charge in [-0.3, -0.25) is 0 Å². The Kier molecular flexibility index (Phi) is 5.42. The molecule has 1 saturated carbocycles. The molecule has 0 atom stereocenters. The number of halogens is 1. The van der Waals surface area contributed by atoms with E-state index < -0.39 is 6.67 Å². The third kappa shape index (κ3) is 3.99. The summed E-state index contributed by atoms with van der Waals surface area (Å²) in [6, 6.07) is 12.1. The molecule has 27 heavy (non-hydrogen) atoms. The lowest BCUT2D eigenvalue weighted by Crippen LogP contribution is -2.06. The van der Waals surface area contributed by atoms with Crippen molar-refractivity contribution in [1.82, 2.24) is 15.1 Å². The van der Waals surface area contributed by atoms with Gasteiger partial charge in [-0.15, -0.1) is 0 Å². The second-order valence-corrected chi connectivity index (χ2v) is 6.90. The number of benzene rings is 1. The summed E-state index contributed by atoms with van der Waals surface area (Å²) in [5, 5.41) is 7.03. The normalized spacial score (nSPS) is 15.0. The molecule has 5 nitrogen and oxygen atoms in total. The van der Waals surface area contributed by atoms with Crippen LogP contribution in [0, 0.1) is 0 Å². The highest BCUT2D eigenvalue weighted by atomic mass is 19.1. The predicted molar refractivity (Wildman–Crippen MR) is 103 cm³/mol. The molecule has 0 saturated heterocycles. The first-order valence-corrected chi connectivity index (χ1v) is 9.54. The molecule has 0 aliphatic heterocycles. The summed E-state index contributed by atoms with van der Waals surface area (Å²) in [7, 11) is 0. The van der Waals surface area contributed by atoms with Crippen molar-refractivity contribution < 1.29 is 8.91 Å². The lowest BCUT2D eigenvalue weighted by Gasteiger charge is -2.21. The molecular formula is C21H23FN4O. The predicted octanol–water partition coefficient (Wildman–Crippen LogP) is 5.23. The van der Waals surface area contributed by atoms with E-state index in [2.05, 4.69) is 32.6 Å². The summed E-state index contributed by atoms with van der Waals surface area (Å²) in [6.45, 7) is -0.280. The van der Waals surface area contributed by atoms with Crippen LogP contribution in [0.2, 0.25) is 0 Å². The lowest BCUT2D eigenvalue weighted by molar-refractivity contribution is 0.432. The van der Waals surface area contributed by atoms with E-state index in [1.807, 2.05) is 18.2 Å². The third-order valence-corrected chi connectivity index (χ3v) is 5.10. The first kappa shape index (κ1) is 17.6. The van der Waals surface area contributed by atoms with Crippen LogP contribution in [0.4, 0.5) is 10.2 Å². The van der Waals surface area contributed by atoms with Gasteiger partial charge in [0.15, 0.2) is 0 Å². The van der Waals surface area contributed by atoms with Crippen LogP contribution in [0.5, 0.6) is 0 Å². The number of hydrogen-bond acceptors (Lipinski definition) is 5. The van der Waals surface area contributed by atoms with Gasteiger partial charge in [0.05, 0.1) is 5.56 Å². The van der Waals surface area contributed by atoms with Crippen molar-refractivity contribution in [2.45, 2.75) is 38.0 Å². The fourth-order valence-electron chi connectivity index (χ4n) is 3.68. The minimum absolute atomic E-state index is 0.192. The number of alkyl halides is 1. The molecule has 1 aliphatic rings. The Morgan fingerprint density at radius 3 is 2.67 bits per heavy atom. The summed E-state index contributed by atoms with van der Waals surface area (Å²) < 4.78 is 17.9. The molecule has 1 aromatic carbocycles. The summed E-state index contributed by atoms with van der Waals surface area (Å²) in [5.41, 5.74) is 2.98. The van der Waals surface area contributed by atoms with Crippen LogP contribution in [-0.2, 0) is 0 Å². The highest BCUT2D eigenvalue weighted by molar-refractivity contribution is 5.70. The molecule has 0 radical (unpaired) electrons. The van der Waals surface area contributed by atoms with Crippen molar-refractivity contribution in [2.24, 2.45) is 0 Å². The minimum Gasteiger partial charge on any atom is -0.367 e. The fraction of sp³-hybridized carbons (Fsp3) is 0.381. The van der Waals surface area contributed by atoms with E-state index in [0.29, 0.717) is 29.0 Å². The summed E-state index contributed by atoms with van der Waals surface area (Å²) in [5.74, 6) is 2.14. The number of aromatic nitrogens is 3. The quantitative estimate of drug-likeness (QED) is 0.647. The number of hydrogen-bond donors (Lipinski definition) is 1. The molecule has 0 spiro atoms. The largest absolute Gasteiger partial charge is 0.367 e. The average Bonchev–Trinajstić information content (AvgIpc) is 3.23. The van der Waals surface area contributed by atoms with Crippen LogP contribution in [0.3, 0.4) is 0 Å². The zero-order valence-electron chi connectivity index (χ0n) is 15.2. The standard InChI is InChI=1S/C21H23FN4O/c22-12-14-24-19-18(7-4-13-23-19)20-25-21(27-26-20)17-10-8-16(9-11-17)15-5-2-1-3-6-15/h4,7-11,13,15H,1-3,5-6,12,14H2,(H,23,24). The molecule has 0 amide bonds. The Morgan fingerprint density at radius 1 is 1.07 bits per heavy atom. The Labute approximate surface area is 158 Å². The van der Waals surface area contributed by atoms with Gasteiger partial charge in [-0.1, -0.05) is 36.6 Å². The van der Waals surface area contributed by atoms with Crippen LogP contribution in [0.25, 0.3) is 22.8 Å². The molecule has 1 aliphatic carbocycles. The van der Waals surface area contributed by atoms with Crippen molar-refractivity contribution in [3.63, 3.8) is 0 Å². The monoisotopic (exact) mass is 366 g/mol. The van der Waals surface area contributed by atoms with Gasteiger partial charge in [0.1, 0.15) is 12.5 Å². The maximum absolute atomic E-state index is 12.5. The molecule has 1 N–H and O–H groups in total. The van der Waals surface area contributed by atoms with Crippen molar-refractivity contribution in [2.75, 3.05) is 18.5 Å². The Hall–Kier alpha value is -2.76. The molecule has 2 heterocycles. The molecule has 0 bridgehead atoms. The van der Waals surface area contributed by atoms with Gasteiger partial charge < -0.3 is 9.84 Å². The number of rotatable bonds is 6. The van der Waals surface area contributed by atoms with Crippen LogP contribution in [-0.4, -0.2) is 28.3 Å². The number of nitrogens with one attached hydrogen (secondary N) is 1. The Balaban J connectivity index is 1.54. The minimum atomic E-state index is -0.471. The second kappa shape index (κ2) is 8.29. The molecule has 1 fully saturated rings. The molecule has 3 aromatic rings. The SMILES string of the molecule is FCCNc1ncccc1-c1noc(-c2ccc(C3CCCCC3)cc2)n1. The Bertz CT molecular complexity index is 872. The van der Waals surface area contributed by atoms with E-state index in [1.165, 1.54) is 37.7 Å². The van der Waals surface area contributed by atoms with Crippen molar-refractivity contribution >= 4 is 5.82 Å². The Morgan fingerprint density at radius 2 is 1.89 bits per heavy atom. The van der Waals surface area contributed by atoms with Gasteiger partial charge in [-0.25, -0.2) is 9.37 Å². The molecule has 6 heteroatoms. The van der Waals surface area contributed by atoms with Gasteiger partial charge in [0, 0.05) is 18.3 Å². The third-order valence-electron chi connectivity index (χ3n) is 5.10. The molecular weight excluding hydrogens is 343 g/mol. The van der Waals surface area contributed by atoms with Crippen molar-refractivity contribution in [3.05, 3.63) is 48.2 Å². The topological polar surface area (TPSA) is 63.8 Å². The number of pyridine rings is 1. The summed E-state index contributed by atoms with van der Waals surface area (Å²) in [4.78, 5) is 8.75. The zero-order chi connectivity index (χ0) is 18.5. The van der Waals surface area contributed by atoms with E-state index in [0.717, 1.165) is 5.56 Å². The number of nitrogens with zero attached hydrogens (tertiary/aromatic N) is 3. The van der Waals surface area contributed by atoms with Crippen LogP contribution >= 0.6 is 0 Å². The van der Waals surface area contributed by atoms with E-state index in [9.17, 15) is 4.39 Å². The van der Waals surface area contributed by atoms with Gasteiger partial charge in [0.25, 0.3) is 5.89 Å². The molecule has 140 valence electrons. The summed E-state index contributed by atoms with van der Waals surface area (Å²) >= 11 is 0. The van der Waals surface area contributed by atoms with Crippen LogP contribution in [0.1, 0.15) is 43.6 Å². The highest BCUT2D eigenvalue weighted by Crippen LogP contribution is 2.33. The van der Waals surface area contributed by atoms with Crippen LogP contribution < -0.4 is 5.32 Å². The van der Waals surface area contributed by atoms with E-state index in [4.69, 9.17) is 4.52 Å². The van der Waals surface area contributed by atoms with Crippen molar-refractivity contribution in [1.29, 1.82) is 0 Å². The maximum Gasteiger partial charge on any atom is 0.258 e. The van der Waals surface area contributed by atoms with E-state index in [1.54, 1.807) is 12.3 Å². The molecule has 2 aromatic heterocycles. The molecule has 4 rings (SSSR count). The van der Waals surface area contributed by atoms with Crippen molar-refractivity contribution in [3.8, 4) is 22.8 Å².